The zero-order valence-corrected chi connectivity index (χ0v) is 16.3. The number of nitrogens with zero attached hydrogens (tertiary/aromatic N) is 4. The molecule has 0 spiro atoms. The summed E-state index contributed by atoms with van der Waals surface area (Å²) in [5.41, 5.74) is 1.15. The fourth-order valence-electron chi connectivity index (χ4n) is 7.08. The van der Waals surface area contributed by atoms with Crippen LogP contribution in [-0.4, -0.2) is 77.8 Å². The van der Waals surface area contributed by atoms with Gasteiger partial charge in [0.2, 0.25) is 0 Å². The second kappa shape index (κ2) is 7.02. The Hall–Kier alpha value is -1.06. The summed E-state index contributed by atoms with van der Waals surface area (Å²) in [6.45, 7) is 1.21. The van der Waals surface area contributed by atoms with Gasteiger partial charge in [0.05, 0.1) is 24.4 Å². The highest BCUT2D eigenvalue weighted by Gasteiger charge is 2.51. The minimum absolute atomic E-state index is 0.186. The zero-order chi connectivity index (χ0) is 19.5. The molecule has 5 aliphatic rings. The van der Waals surface area contributed by atoms with Gasteiger partial charge in [-0.3, -0.25) is 9.58 Å². The number of hydrogen-bond acceptors (Lipinski definition) is 7. The lowest BCUT2D eigenvalue weighted by atomic mass is 9.49. The van der Waals surface area contributed by atoms with E-state index in [-0.39, 0.29) is 13.2 Å². The van der Waals surface area contributed by atoms with E-state index in [9.17, 15) is 20.4 Å². The van der Waals surface area contributed by atoms with Crippen LogP contribution in [0, 0.1) is 23.2 Å². The molecule has 5 fully saturated rings. The maximum Gasteiger partial charge on any atom is 0.109 e. The molecular formula is C20H32N4O4. The summed E-state index contributed by atoms with van der Waals surface area (Å²) in [6.07, 6.45) is 6.75. The summed E-state index contributed by atoms with van der Waals surface area (Å²) >= 11 is 0. The van der Waals surface area contributed by atoms with Gasteiger partial charge in [-0.2, -0.15) is 0 Å². The number of likely N-dealkylation sites (tertiary alicyclic amines) is 1. The number of β-amino-alcohol motifs (C(OH)–C–C–N with tert-alkyl or cyclic N) is 1. The van der Waals surface area contributed by atoms with Crippen LogP contribution in [0.5, 0.6) is 0 Å². The first kappa shape index (κ1) is 18.9. The van der Waals surface area contributed by atoms with Crippen molar-refractivity contribution in [1.82, 2.24) is 19.9 Å². The molecule has 1 aliphatic heterocycles. The maximum absolute atomic E-state index is 10.2. The minimum Gasteiger partial charge on any atom is -0.395 e. The Morgan fingerprint density at radius 3 is 2.25 bits per heavy atom. The lowest BCUT2D eigenvalue weighted by molar-refractivity contribution is -0.147. The Balaban J connectivity index is 1.26. The van der Waals surface area contributed by atoms with Crippen LogP contribution in [0.3, 0.4) is 0 Å². The second-order valence-electron chi connectivity index (χ2n) is 10.1. The fraction of sp³-hybridized carbons (Fsp3) is 0.900. The van der Waals surface area contributed by atoms with Gasteiger partial charge in [-0.25, -0.2) is 0 Å². The Bertz CT molecular complexity index is 675. The molecule has 0 amide bonds. The Kier molecular flexibility index (Phi) is 4.75. The van der Waals surface area contributed by atoms with Crippen molar-refractivity contribution in [3.05, 3.63) is 11.9 Å². The van der Waals surface area contributed by atoms with Gasteiger partial charge < -0.3 is 20.4 Å². The van der Waals surface area contributed by atoms with Crippen molar-refractivity contribution < 1.29 is 20.4 Å². The molecule has 8 nitrogen and oxygen atoms in total. The first-order valence-electron chi connectivity index (χ1n) is 10.7. The molecule has 156 valence electrons. The lowest BCUT2D eigenvalue weighted by Gasteiger charge is -2.56. The van der Waals surface area contributed by atoms with E-state index in [1.165, 1.54) is 38.5 Å². The number of aromatic nitrogens is 3. The predicted octanol–water partition coefficient (Wildman–Crippen LogP) is -0.246. The van der Waals surface area contributed by atoms with Gasteiger partial charge in [0.15, 0.2) is 0 Å². The van der Waals surface area contributed by atoms with E-state index in [1.807, 2.05) is 10.9 Å². The molecule has 0 unspecified atom stereocenters. The second-order valence-corrected chi connectivity index (χ2v) is 10.1. The summed E-state index contributed by atoms with van der Waals surface area (Å²) in [4.78, 5) is 1.78. The monoisotopic (exact) mass is 392 g/mol. The molecule has 0 aromatic carbocycles. The van der Waals surface area contributed by atoms with Crippen molar-refractivity contribution in [2.75, 3.05) is 13.2 Å². The highest BCUT2D eigenvalue weighted by atomic mass is 16.4. The highest BCUT2D eigenvalue weighted by Crippen LogP contribution is 2.60. The van der Waals surface area contributed by atoms with Gasteiger partial charge in [-0.15, -0.1) is 5.10 Å². The van der Waals surface area contributed by atoms with Gasteiger partial charge in [0.1, 0.15) is 12.2 Å². The molecule has 6 rings (SSSR count). The van der Waals surface area contributed by atoms with E-state index < -0.39 is 24.4 Å². The third kappa shape index (κ3) is 3.29. The van der Waals surface area contributed by atoms with Gasteiger partial charge in [0.25, 0.3) is 0 Å². The van der Waals surface area contributed by atoms with Crippen molar-refractivity contribution in [1.29, 1.82) is 0 Å². The summed E-state index contributed by atoms with van der Waals surface area (Å²) in [5.74, 6) is 2.71. The van der Waals surface area contributed by atoms with Crippen LogP contribution >= 0.6 is 0 Å². The van der Waals surface area contributed by atoms with Crippen LogP contribution in [0.1, 0.15) is 44.2 Å². The van der Waals surface area contributed by atoms with Crippen LogP contribution in [0.4, 0.5) is 0 Å². The number of aliphatic hydroxyl groups excluding tert-OH is 4. The van der Waals surface area contributed by atoms with Gasteiger partial charge in [-0.1, -0.05) is 5.21 Å². The quantitative estimate of drug-likeness (QED) is 0.546. The molecule has 4 bridgehead atoms. The van der Waals surface area contributed by atoms with Crippen molar-refractivity contribution in [2.24, 2.45) is 23.2 Å². The van der Waals surface area contributed by atoms with E-state index >= 15 is 0 Å². The third-order valence-corrected chi connectivity index (χ3v) is 7.83. The highest BCUT2D eigenvalue weighted by molar-refractivity contribution is 5.03. The van der Waals surface area contributed by atoms with Gasteiger partial charge in [-0.05, 0) is 61.7 Å². The molecule has 1 aromatic heterocycles. The maximum atomic E-state index is 10.2. The molecule has 4 N–H and O–H groups in total. The Labute approximate surface area is 165 Å². The number of hydrogen-bond donors (Lipinski definition) is 4. The molecule has 1 aromatic rings. The first-order valence-corrected chi connectivity index (χ1v) is 10.7. The van der Waals surface area contributed by atoms with Gasteiger partial charge in [0, 0.05) is 25.8 Å². The van der Waals surface area contributed by atoms with Gasteiger partial charge >= 0.3 is 0 Å². The Morgan fingerprint density at radius 1 is 1.00 bits per heavy atom. The van der Waals surface area contributed by atoms with E-state index in [0.29, 0.717) is 12.0 Å². The minimum atomic E-state index is -1.24. The smallest absolute Gasteiger partial charge is 0.109 e. The normalized spacial score (nSPS) is 45.6. The summed E-state index contributed by atoms with van der Waals surface area (Å²) in [7, 11) is 0. The van der Waals surface area contributed by atoms with Crippen molar-refractivity contribution in [3.8, 4) is 0 Å². The molecule has 28 heavy (non-hydrogen) atoms. The number of piperidine rings is 1. The molecule has 8 heteroatoms. The standard InChI is InChI=1S/C20H32N4O4/c25-10-16-18(27)19(28)17(26)9-23(16)7-15-8-24(22-21-15)11-20-4-12-1-13(5-20)3-14(2-12)6-20/h8,12-14,16-19,25-28H,1-7,9-11H2/t12?,13?,14?,16-,17+,18-,19-,20?/m1/s1. The summed E-state index contributed by atoms with van der Waals surface area (Å²) in [6, 6.07) is -0.619. The summed E-state index contributed by atoms with van der Waals surface area (Å²) < 4.78 is 1.97. The van der Waals surface area contributed by atoms with E-state index in [0.717, 1.165) is 30.0 Å². The molecule has 4 atom stereocenters. The van der Waals surface area contributed by atoms with Crippen LogP contribution in [-0.2, 0) is 13.1 Å². The fourth-order valence-corrected chi connectivity index (χ4v) is 7.08. The Morgan fingerprint density at radius 2 is 1.64 bits per heavy atom. The molecule has 4 saturated carbocycles. The van der Waals surface area contributed by atoms with Crippen LogP contribution in [0.15, 0.2) is 6.20 Å². The number of aliphatic hydroxyl groups is 4. The average molecular weight is 393 g/mol. The predicted molar refractivity (Wildman–Crippen MR) is 99.9 cm³/mol. The summed E-state index contributed by atoms with van der Waals surface area (Å²) in [5, 5.41) is 48.3. The number of rotatable bonds is 5. The lowest BCUT2D eigenvalue weighted by Crippen LogP contribution is -2.62. The first-order chi connectivity index (χ1) is 13.4. The van der Waals surface area contributed by atoms with Crippen LogP contribution < -0.4 is 0 Å². The van der Waals surface area contributed by atoms with E-state index in [4.69, 9.17) is 0 Å². The molecule has 1 saturated heterocycles. The van der Waals surface area contributed by atoms with E-state index in [1.54, 1.807) is 4.90 Å². The topological polar surface area (TPSA) is 115 Å². The van der Waals surface area contributed by atoms with Crippen molar-refractivity contribution in [3.63, 3.8) is 0 Å². The van der Waals surface area contributed by atoms with E-state index in [2.05, 4.69) is 10.3 Å². The third-order valence-electron chi connectivity index (χ3n) is 7.83. The van der Waals surface area contributed by atoms with Crippen LogP contribution in [0.2, 0.25) is 0 Å². The average Bonchev–Trinajstić information content (AvgIpc) is 3.05. The zero-order valence-electron chi connectivity index (χ0n) is 16.3. The molecular weight excluding hydrogens is 360 g/mol. The van der Waals surface area contributed by atoms with Crippen molar-refractivity contribution in [2.45, 2.75) is 76.0 Å². The van der Waals surface area contributed by atoms with Crippen LogP contribution in [0.25, 0.3) is 0 Å². The molecule has 0 radical (unpaired) electrons. The largest absolute Gasteiger partial charge is 0.395 e. The molecule has 4 aliphatic carbocycles. The van der Waals surface area contributed by atoms with Crippen molar-refractivity contribution >= 4 is 0 Å². The molecule has 2 heterocycles. The SMILES string of the molecule is OC[C@@H]1[C@@H](O)[C@H](O)[C@@H](O)CN1Cc1cn(CC23CC4CC(CC(C4)C2)C3)nn1.